The molecule has 0 saturated heterocycles. The van der Waals surface area contributed by atoms with Crippen molar-refractivity contribution in [1.29, 1.82) is 0 Å². The van der Waals surface area contributed by atoms with Gasteiger partial charge in [0.15, 0.2) is 0 Å². The topological polar surface area (TPSA) is 40.5 Å². The molecule has 0 rings (SSSR count). The van der Waals surface area contributed by atoms with Crippen LogP contribution in [0.15, 0.2) is 0 Å². The smallest absolute Gasteiger partial charge is 0.401 e. The standard InChI is InChI=1S/C9H16F3NO2/c1-4-5-8(2,7(14)15)13(3)6-9(10,11)12/h4-6H2,1-3H3,(H,14,15). The summed E-state index contributed by atoms with van der Waals surface area (Å²) in [6.07, 6.45) is -3.67. The van der Waals surface area contributed by atoms with Gasteiger partial charge in [0.1, 0.15) is 5.54 Å². The molecule has 0 bridgehead atoms. The Morgan fingerprint density at radius 2 is 1.87 bits per heavy atom. The second-order valence-corrected chi connectivity index (χ2v) is 3.80. The monoisotopic (exact) mass is 227 g/mol. The first kappa shape index (κ1) is 14.2. The van der Waals surface area contributed by atoms with E-state index in [1.54, 1.807) is 6.92 Å². The Labute approximate surface area is 86.9 Å². The van der Waals surface area contributed by atoms with Crippen molar-refractivity contribution in [2.45, 2.75) is 38.4 Å². The second-order valence-electron chi connectivity index (χ2n) is 3.80. The van der Waals surface area contributed by atoms with Crippen molar-refractivity contribution in [3.63, 3.8) is 0 Å². The molecule has 0 fully saturated rings. The quantitative estimate of drug-likeness (QED) is 0.782. The summed E-state index contributed by atoms with van der Waals surface area (Å²) in [5, 5.41) is 8.92. The summed E-state index contributed by atoms with van der Waals surface area (Å²) in [5.41, 5.74) is -1.45. The molecule has 0 aliphatic carbocycles. The Kier molecular flexibility index (Phi) is 4.58. The minimum absolute atomic E-state index is 0.189. The molecular weight excluding hydrogens is 211 g/mol. The zero-order chi connectivity index (χ0) is 12.3. The number of hydrogen-bond donors (Lipinski definition) is 1. The summed E-state index contributed by atoms with van der Waals surface area (Å²) in [7, 11) is 1.18. The van der Waals surface area contributed by atoms with Crippen LogP contribution in [0.1, 0.15) is 26.7 Å². The van der Waals surface area contributed by atoms with E-state index in [2.05, 4.69) is 0 Å². The van der Waals surface area contributed by atoms with E-state index in [-0.39, 0.29) is 6.42 Å². The molecule has 1 unspecified atom stereocenters. The first-order valence-corrected chi connectivity index (χ1v) is 4.65. The molecule has 6 heteroatoms. The van der Waals surface area contributed by atoms with Crippen LogP contribution in [-0.2, 0) is 4.79 Å². The number of aliphatic carboxylic acids is 1. The second kappa shape index (κ2) is 4.83. The average Bonchev–Trinajstić information content (AvgIpc) is 2.00. The van der Waals surface area contributed by atoms with Gasteiger partial charge in [0.25, 0.3) is 0 Å². The predicted octanol–water partition coefficient (Wildman–Crippen LogP) is 2.12. The van der Waals surface area contributed by atoms with E-state index >= 15 is 0 Å². The third-order valence-corrected chi connectivity index (χ3v) is 2.46. The van der Waals surface area contributed by atoms with E-state index in [9.17, 15) is 18.0 Å². The largest absolute Gasteiger partial charge is 0.480 e. The molecule has 0 aliphatic heterocycles. The lowest BCUT2D eigenvalue weighted by Crippen LogP contribution is -2.53. The summed E-state index contributed by atoms with van der Waals surface area (Å²) in [6, 6.07) is 0. The molecule has 90 valence electrons. The molecule has 3 nitrogen and oxygen atoms in total. The highest BCUT2D eigenvalue weighted by molar-refractivity contribution is 5.78. The maximum Gasteiger partial charge on any atom is 0.401 e. The predicted molar refractivity (Wildman–Crippen MR) is 49.6 cm³/mol. The zero-order valence-electron chi connectivity index (χ0n) is 9.06. The lowest BCUT2D eigenvalue weighted by Gasteiger charge is -2.35. The molecule has 0 radical (unpaired) electrons. The number of likely N-dealkylation sites (N-methyl/N-ethyl adjacent to an activating group) is 1. The highest BCUT2D eigenvalue weighted by Crippen LogP contribution is 2.25. The van der Waals surface area contributed by atoms with Crippen LogP contribution in [0.2, 0.25) is 0 Å². The molecule has 0 aromatic rings. The van der Waals surface area contributed by atoms with Gasteiger partial charge in [-0.3, -0.25) is 9.69 Å². The highest BCUT2D eigenvalue weighted by Gasteiger charge is 2.41. The number of halogens is 3. The van der Waals surface area contributed by atoms with E-state index in [1.807, 2.05) is 0 Å². The van der Waals surface area contributed by atoms with Crippen molar-refractivity contribution in [3.05, 3.63) is 0 Å². The maximum atomic E-state index is 12.1. The zero-order valence-corrected chi connectivity index (χ0v) is 9.06. The molecule has 0 saturated carbocycles. The number of alkyl halides is 3. The molecule has 0 aromatic heterocycles. The first-order chi connectivity index (χ1) is 6.63. The third-order valence-electron chi connectivity index (χ3n) is 2.46. The van der Waals surface area contributed by atoms with Gasteiger partial charge in [-0.15, -0.1) is 0 Å². The van der Waals surface area contributed by atoms with Crippen LogP contribution in [0, 0.1) is 0 Å². The number of carbonyl (C=O) groups is 1. The number of nitrogens with zero attached hydrogens (tertiary/aromatic N) is 1. The fraction of sp³-hybridized carbons (Fsp3) is 0.889. The maximum absolute atomic E-state index is 12.1. The number of rotatable bonds is 5. The van der Waals surface area contributed by atoms with E-state index in [4.69, 9.17) is 5.11 Å². The van der Waals surface area contributed by atoms with E-state index in [1.165, 1.54) is 14.0 Å². The summed E-state index contributed by atoms with van der Waals surface area (Å²) in [5.74, 6) is -1.23. The van der Waals surface area contributed by atoms with Crippen LogP contribution in [0.3, 0.4) is 0 Å². The minimum Gasteiger partial charge on any atom is -0.480 e. The SMILES string of the molecule is CCCC(C)(C(=O)O)N(C)CC(F)(F)F. The Bertz CT molecular complexity index is 230. The van der Waals surface area contributed by atoms with Crippen LogP contribution in [0.4, 0.5) is 13.2 Å². The molecule has 1 N–H and O–H groups in total. The lowest BCUT2D eigenvalue weighted by atomic mass is 9.94. The van der Waals surface area contributed by atoms with Gasteiger partial charge in [-0.1, -0.05) is 13.3 Å². The van der Waals surface area contributed by atoms with E-state index in [0.717, 1.165) is 4.90 Å². The Morgan fingerprint density at radius 3 is 2.13 bits per heavy atom. The summed E-state index contributed by atoms with van der Waals surface area (Å²) in [4.78, 5) is 11.8. The molecule has 0 amide bonds. The van der Waals surface area contributed by atoms with E-state index in [0.29, 0.717) is 6.42 Å². The van der Waals surface area contributed by atoms with Crippen LogP contribution in [0.25, 0.3) is 0 Å². The van der Waals surface area contributed by atoms with Crippen LogP contribution in [-0.4, -0.2) is 41.3 Å². The third kappa shape index (κ3) is 4.07. The van der Waals surface area contributed by atoms with Gasteiger partial charge in [-0.05, 0) is 20.4 Å². The molecule has 1 atom stereocenters. The highest BCUT2D eigenvalue weighted by atomic mass is 19.4. The molecule has 0 spiro atoms. The Hall–Kier alpha value is -0.780. The summed E-state index contributed by atoms with van der Waals surface area (Å²) < 4.78 is 36.3. The van der Waals surface area contributed by atoms with Crippen molar-refractivity contribution < 1.29 is 23.1 Å². The number of carboxylic acid groups (broad SMARTS) is 1. The average molecular weight is 227 g/mol. The van der Waals surface area contributed by atoms with Crippen molar-refractivity contribution in [1.82, 2.24) is 4.90 Å². The fourth-order valence-electron chi connectivity index (χ4n) is 1.39. The Morgan fingerprint density at radius 1 is 1.40 bits per heavy atom. The molecule has 0 aromatic carbocycles. The number of carboxylic acids is 1. The normalized spacial score (nSPS) is 16.5. The van der Waals surface area contributed by atoms with Crippen molar-refractivity contribution in [2.75, 3.05) is 13.6 Å². The lowest BCUT2D eigenvalue weighted by molar-refractivity contribution is -0.169. The summed E-state index contributed by atoms with van der Waals surface area (Å²) >= 11 is 0. The number of hydrogen-bond acceptors (Lipinski definition) is 2. The van der Waals surface area contributed by atoms with Gasteiger partial charge in [0.05, 0.1) is 6.54 Å². The Balaban J connectivity index is 4.70. The van der Waals surface area contributed by atoms with Crippen LogP contribution in [0.5, 0.6) is 0 Å². The van der Waals surface area contributed by atoms with Gasteiger partial charge >= 0.3 is 12.1 Å². The van der Waals surface area contributed by atoms with Gasteiger partial charge in [-0.25, -0.2) is 0 Å². The summed E-state index contributed by atoms with van der Waals surface area (Å²) in [6.45, 7) is 1.84. The van der Waals surface area contributed by atoms with Gasteiger partial charge in [0, 0.05) is 0 Å². The minimum atomic E-state index is -4.38. The van der Waals surface area contributed by atoms with Crippen LogP contribution >= 0.6 is 0 Å². The molecule has 15 heavy (non-hydrogen) atoms. The van der Waals surface area contributed by atoms with E-state index < -0.39 is 24.2 Å². The van der Waals surface area contributed by atoms with Crippen molar-refractivity contribution in [2.24, 2.45) is 0 Å². The van der Waals surface area contributed by atoms with Gasteiger partial charge in [0.2, 0.25) is 0 Å². The molecular formula is C9H16F3NO2. The van der Waals surface area contributed by atoms with Gasteiger partial charge < -0.3 is 5.11 Å². The van der Waals surface area contributed by atoms with Crippen molar-refractivity contribution in [3.8, 4) is 0 Å². The fourth-order valence-corrected chi connectivity index (χ4v) is 1.39. The molecule has 0 heterocycles. The van der Waals surface area contributed by atoms with Crippen molar-refractivity contribution >= 4 is 5.97 Å². The molecule has 0 aliphatic rings. The first-order valence-electron chi connectivity index (χ1n) is 4.65. The van der Waals surface area contributed by atoms with Gasteiger partial charge in [-0.2, -0.15) is 13.2 Å². The van der Waals surface area contributed by atoms with Crippen LogP contribution < -0.4 is 0 Å².